The highest BCUT2D eigenvalue weighted by Gasteiger charge is 2.27. The molecule has 2 N–H and O–H groups in total. The fourth-order valence-corrected chi connectivity index (χ4v) is 6.22. The number of aliphatic hydroxyl groups is 1. The summed E-state index contributed by atoms with van der Waals surface area (Å²) in [6, 6.07) is 0. The van der Waals surface area contributed by atoms with Gasteiger partial charge in [0.05, 0.1) is 12.3 Å². The van der Waals surface area contributed by atoms with Crippen LogP contribution < -0.4 is 0 Å². The Hall–Kier alpha value is 1.44. The van der Waals surface area contributed by atoms with Crippen molar-refractivity contribution in [2.24, 2.45) is 5.92 Å². The molecule has 3 unspecified atom stereocenters. The van der Waals surface area contributed by atoms with E-state index in [9.17, 15) is 14.6 Å². The minimum absolute atomic E-state index is 0.0853. The first-order valence-corrected chi connectivity index (χ1v) is 13.4. The molecule has 0 aromatic heterocycles. The van der Waals surface area contributed by atoms with E-state index in [4.69, 9.17) is 0 Å². The van der Waals surface area contributed by atoms with Crippen molar-refractivity contribution in [2.75, 3.05) is 18.5 Å². The molecule has 0 aromatic rings. The summed E-state index contributed by atoms with van der Waals surface area (Å²) in [6.45, 7) is 0. The van der Waals surface area contributed by atoms with Gasteiger partial charge in [-0.2, -0.15) is 0 Å². The molecular weight excluding hydrogens is 304 g/mol. The van der Waals surface area contributed by atoms with Crippen LogP contribution in [0.4, 0.5) is 0 Å². The van der Waals surface area contributed by atoms with Gasteiger partial charge in [-0.15, -0.1) is 17.9 Å². The molecule has 1 fully saturated rings. The maximum atomic E-state index is 12.1. The predicted molar refractivity (Wildman–Crippen MR) is 88.0 cm³/mol. The molecule has 0 spiro atoms. The van der Waals surface area contributed by atoms with E-state index in [2.05, 4.69) is 17.9 Å². The van der Waals surface area contributed by atoms with Crippen LogP contribution in [0.5, 0.6) is 0 Å². The molecule has 108 valence electrons. The van der Waals surface area contributed by atoms with E-state index in [0.29, 0.717) is 18.5 Å². The first kappa shape index (κ1) is 17.5. The second kappa shape index (κ2) is 8.67. The monoisotopic (exact) mass is 330 g/mol. The fourth-order valence-electron chi connectivity index (χ4n) is 2.57. The summed E-state index contributed by atoms with van der Waals surface area (Å²) < 4.78 is 12.1. The van der Waals surface area contributed by atoms with Gasteiger partial charge in [-0.3, -0.25) is 4.57 Å². The van der Waals surface area contributed by atoms with Crippen molar-refractivity contribution in [1.82, 2.24) is 0 Å². The maximum absolute atomic E-state index is 12.1. The third-order valence-corrected chi connectivity index (χ3v) is 7.89. The molecule has 1 rings (SSSR count). The smallest absolute Gasteiger partial charge is 0.203 e. The number of rotatable bonds is 7. The van der Waals surface area contributed by atoms with Crippen LogP contribution in [-0.4, -0.2) is 34.6 Å². The van der Waals surface area contributed by atoms with Crippen molar-refractivity contribution in [1.29, 1.82) is 0 Å². The Kier molecular flexibility index (Phi) is 8.42. The highest BCUT2D eigenvalue weighted by molar-refractivity contribution is 8.43. The lowest BCUT2D eigenvalue weighted by Crippen LogP contribution is -2.18. The Morgan fingerprint density at radius 1 is 1.28 bits per heavy atom. The third-order valence-electron chi connectivity index (χ3n) is 3.48. The van der Waals surface area contributed by atoms with E-state index in [1.54, 1.807) is 0 Å². The molecule has 4 atom stereocenters. The summed E-state index contributed by atoms with van der Waals surface area (Å²) >= 11 is 0. The summed E-state index contributed by atoms with van der Waals surface area (Å²) in [7, 11) is 2.11. The lowest BCUT2D eigenvalue weighted by molar-refractivity contribution is 0.190. The Balaban J connectivity index is 2.31. The predicted octanol–water partition coefficient (Wildman–Crippen LogP) is 3.65. The first-order chi connectivity index (χ1) is 8.39. The Labute approximate surface area is 116 Å². The van der Waals surface area contributed by atoms with E-state index in [0.717, 1.165) is 19.0 Å². The van der Waals surface area contributed by atoms with Crippen LogP contribution >= 0.6 is 32.5 Å². The molecule has 1 aliphatic carbocycles. The summed E-state index contributed by atoms with van der Waals surface area (Å²) in [6.07, 6.45) is 7.25. The first-order valence-electron chi connectivity index (χ1n) is 6.65. The van der Waals surface area contributed by atoms with Gasteiger partial charge in [0.25, 0.3) is 0 Å². The second-order valence-corrected chi connectivity index (χ2v) is 15.1. The SMILES string of the molecule is O=P(O)(CC1CCCCC1)C[C@H](O)CCP(P)P. The molecule has 7 heteroatoms. The zero-order valence-corrected chi connectivity index (χ0v) is 15.0. The van der Waals surface area contributed by atoms with Gasteiger partial charge >= 0.3 is 0 Å². The summed E-state index contributed by atoms with van der Waals surface area (Å²) in [5.41, 5.74) is 0. The van der Waals surface area contributed by atoms with Crippen molar-refractivity contribution in [3.05, 3.63) is 0 Å². The van der Waals surface area contributed by atoms with Crippen LogP contribution in [0, 0.1) is 5.92 Å². The van der Waals surface area contributed by atoms with Crippen LogP contribution in [0.15, 0.2) is 0 Å². The highest BCUT2D eigenvalue weighted by atomic mass is 32.4. The van der Waals surface area contributed by atoms with Crippen molar-refractivity contribution in [2.45, 2.75) is 44.6 Å². The third kappa shape index (κ3) is 7.89. The molecule has 3 nitrogen and oxygen atoms in total. The standard InChI is InChI=1S/C11H26O3P4/c12-11(6-7-17(15)16)9-18(13,14)8-10-4-2-1-3-5-10/h10-12H,1-9,15-16H2,(H,13,14)/t11-/m1/s1. The summed E-state index contributed by atoms with van der Waals surface area (Å²) in [5.74, 6) is 0.405. The molecule has 0 amide bonds. The van der Waals surface area contributed by atoms with Gasteiger partial charge in [-0.1, -0.05) is 26.6 Å². The average Bonchev–Trinajstić information content (AvgIpc) is 2.26. The van der Waals surface area contributed by atoms with Crippen molar-refractivity contribution >= 4 is 32.5 Å². The Morgan fingerprint density at radius 3 is 2.44 bits per heavy atom. The van der Waals surface area contributed by atoms with E-state index in [1.165, 1.54) is 19.3 Å². The molecule has 0 bridgehead atoms. The molecule has 0 heterocycles. The van der Waals surface area contributed by atoms with Crippen molar-refractivity contribution < 1.29 is 14.6 Å². The van der Waals surface area contributed by atoms with Crippen molar-refractivity contribution in [3.63, 3.8) is 0 Å². The number of hydrogen-bond acceptors (Lipinski definition) is 2. The topological polar surface area (TPSA) is 57.5 Å². The summed E-state index contributed by atoms with van der Waals surface area (Å²) in [4.78, 5) is 9.99. The lowest BCUT2D eigenvalue weighted by atomic mass is 9.91. The molecule has 0 aliphatic heterocycles. The number of aliphatic hydroxyl groups excluding tert-OH is 1. The maximum Gasteiger partial charge on any atom is 0.203 e. The second-order valence-electron chi connectivity index (χ2n) is 5.40. The van der Waals surface area contributed by atoms with Crippen molar-refractivity contribution in [3.8, 4) is 0 Å². The van der Waals surface area contributed by atoms with E-state index in [1.807, 2.05) is 0 Å². The fraction of sp³-hybridized carbons (Fsp3) is 1.00. The highest BCUT2D eigenvalue weighted by Crippen LogP contribution is 2.53. The van der Waals surface area contributed by atoms with Gasteiger partial charge in [0.15, 0.2) is 0 Å². The minimum atomic E-state index is -3.13. The molecule has 18 heavy (non-hydrogen) atoms. The molecule has 0 radical (unpaired) electrons. The quantitative estimate of drug-likeness (QED) is 0.701. The molecule has 0 saturated heterocycles. The van der Waals surface area contributed by atoms with E-state index < -0.39 is 13.5 Å². The van der Waals surface area contributed by atoms with Crippen LogP contribution in [0.25, 0.3) is 0 Å². The van der Waals surface area contributed by atoms with Gasteiger partial charge in [-0.05, 0) is 31.3 Å². The van der Waals surface area contributed by atoms with Crippen LogP contribution in [0.1, 0.15) is 38.5 Å². The summed E-state index contributed by atoms with van der Waals surface area (Å²) in [5, 5.41) is 9.82. The Morgan fingerprint density at radius 2 is 1.89 bits per heavy atom. The van der Waals surface area contributed by atoms with Gasteiger partial charge in [0, 0.05) is 6.16 Å². The lowest BCUT2D eigenvalue weighted by Gasteiger charge is -2.25. The van der Waals surface area contributed by atoms with Crippen LogP contribution in [0.2, 0.25) is 0 Å². The van der Waals surface area contributed by atoms with Crippen LogP contribution in [0.3, 0.4) is 0 Å². The van der Waals surface area contributed by atoms with Gasteiger partial charge in [0.2, 0.25) is 7.37 Å². The van der Waals surface area contributed by atoms with Crippen LogP contribution in [-0.2, 0) is 4.57 Å². The van der Waals surface area contributed by atoms with E-state index >= 15 is 0 Å². The van der Waals surface area contributed by atoms with Gasteiger partial charge < -0.3 is 10.00 Å². The molecule has 1 aliphatic rings. The number of hydrogen-bond donors (Lipinski definition) is 2. The van der Waals surface area contributed by atoms with Gasteiger partial charge in [0.1, 0.15) is 0 Å². The largest absolute Gasteiger partial charge is 0.393 e. The van der Waals surface area contributed by atoms with E-state index in [-0.39, 0.29) is 13.5 Å². The minimum Gasteiger partial charge on any atom is -0.393 e. The normalized spacial score (nSPS) is 22.9. The zero-order valence-electron chi connectivity index (χ0n) is 10.9. The molecule has 0 aromatic carbocycles. The van der Waals surface area contributed by atoms with Gasteiger partial charge in [-0.25, -0.2) is 0 Å². The average molecular weight is 330 g/mol. The molecular formula is C11H26O3P4. The zero-order chi connectivity index (χ0) is 13.6. The Bertz CT molecular complexity index is 279. The molecule has 1 saturated carbocycles.